The molecule has 0 N–H and O–H groups in total. The van der Waals surface area contributed by atoms with E-state index >= 15 is 0 Å². The smallest absolute Gasteiger partial charge is 0.356 e. The fraction of sp³-hybridized carbons (Fsp3) is 0.375. The normalized spacial score (nSPS) is 15.2. The minimum atomic E-state index is -4.31. The Hall–Kier alpha value is -1.76. The Morgan fingerprint density at radius 2 is 1.87 bits per heavy atom. The van der Waals surface area contributed by atoms with E-state index in [0.29, 0.717) is 11.3 Å². The van der Waals surface area contributed by atoms with E-state index in [1.165, 1.54) is 30.2 Å². The van der Waals surface area contributed by atoms with E-state index in [1.807, 2.05) is 6.07 Å². The van der Waals surface area contributed by atoms with Crippen molar-refractivity contribution in [3.05, 3.63) is 47.8 Å². The van der Waals surface area contributed by atoms with Crippen molar-refractivity contribution in [1.82, 2.24) is 9.97 Å². The maximum Gasteiger partial charge on any atom is 0.416 e. The zero-order valence-corrected chi connectivity index (χ0v) is 13.2. The monoisotopic (exact) mass is 339 g/mol. The molecule has 0 saturated carbocycles. The van der Waals surface area contributed by atoms with E-state index in [0.717, 1.165) is 42.8 Å². The second kappa shape index (κ2) is 6.78. The Labute approximate surface area is 136 Å². The molecule has 23 heavy (non-hydrogen) atoms. The van der Waals surface area contributed by atoms with Gasteiger partial charge in [0, 0.05) is 24.9 Å². The molecule has 1 aromatic carbocycles. The summed E-state index contributed by atoms with van der Waals surface area (Å²) in [5.41, 5.74) is 0.0159. The Kier molecular flexibility index (Phi) is 4.75. The van der Waals surface area contributed by atoms with Crippen LogP contribution in [0.4, 0.5) is 19.0 Å². The number of nitrogens with zero attached hydrogens (tertiary/aromatic N) is 3. The summed E-state index contributed by atoms with van der Waals surface area (Å²) in [6.07, 6.45) is -0.464. The van der Waals surface area contributed by atoms with Crippen molar-refractivity contribution in [3.8, 4) is 0 Å². The van der Waals surface area contributed by atoms with Gasteiger partial charge in [0.1, 0.15) is 17.2 Å². The zero-order valence-electron chi connectivity index (χ0n) is 12.4. The molecule has 2 heterocycles. The second-order valence-corrected chi connectivity index (χ2v) is 6.39. The molecule has 0 bridgehead atoms. The number of aromatic nitrogens is 2. The Bertz CT molecular complexity index is 670. The van der Waals surface area contributed by atoms with Crippen molar-refractivity contribution >= 4 is 17.6 Å². The fourth-order valence-corrected chi connectivity index (χ4v) is 3.33. The van der Waals surface area contributed by atoms with Gasteiger partial charge in [0.2, 0.25) is 0 Å². The highest BCUT2D eigenvalue weighted by molar-refractivity contribution is 7.98. The Morgan fingerprint density at radius 3 is 2.61 bits per heavy atom. The third-order valence-electron chi connectivity index (χ3n) is 3.70. The van der Waals surface area contributed by atoms with E-state index < -0.39 is 11.7 Å². The summed E-state index contributed by atoms with van der Waals surface area (Å²) < 4.78 is 38.2. The van der Waals surface area contributed by atoms with Gasteiger partial charge in [0.25, 0.3) is 0 Å². The molecule has 0 amide bonds. The minimum absolute atomic E-state index is 0.445. The predicted molar refractivity (Wildman–Crippen MR) is 84.5 cm³/mol. The van der Waals surface area contributed by atoms with E-state index in [4.69, 9.17) is 0 Å². The molecule has 1 aliphatic rings. The molecule has 1 aromatic heterocycles. The quantitative estimate of drug-likeness (QED) is 0.610. The van der Waals surface area contributed by atoms with Crippen molar-refractivity contribution in [1.29, 1.82) is 0 Å². The molecule has 2 aromatic rings. The summed E-state index contributed by atoms with van der Waals surface area (Å²) in [6, 6.07) is 7.32. The van der Waals surface area contributed by atoms with E-state index in [9.17, 15) is 13.2 Å². The summed E-state index contributed by atoms with van der Waals surface area (Å²) in [7, 11) is 0. The van der Waals surface area contributed by atoms with E-state index in [1.54, 1.807) is 6.07 Å². The molecule has 0 atom stereocenters. The van der Waals surface area contributed by atoms with Gasteiger partial charge in [-0.25, -0.2) is 9.97 Å². The van der Waals surface area contributed by atoms with Crippen LogP contribution in [0.25, 0.3) is 0 Å². The van der Waals surface area contributed by atoms with Crippen molar-refractivity contribution < 1.29 is 13.2 Å². The van der Waals surface area contributed by atoms with Crippen molar-refractivity contribution in [2.45, 2.75) is 29.8 Å². The second-order valence-electron chi connectivity index (χ2n) is 5.40. The molecule has 0 unspecified atom stereocenters. The maximum atomic E-state index is 12.7. The molecule has 0 radical (unpaired) electrons. The lowest BCUT2D eigenvalue weighted by atomic mass is 10.1. The van der Waals surface area contributed by atoms with Crippen LogP contribution in [0.3, 0.4) is 0 Å². The lowest BCUT2D eigenvalue weighted by Crippen LogP contribution is -2.18. The molecule has 1 fully saturated rings. The molecular weight excluding hydrogens is 323 g/mol. The van der Waals surface area contributed by atoms with Gasteiger partial charge in [-0.15, -0.1) is 11.8 Å². The first-order chi connectivity index (χ1) is 11.0. The summed E-state index contributed by atoms with van der Waals surface area (Å²) in [4.78, 5) is 10.7. The first-order valence-electron chi connectivity index (χ1n) is 7.38. The number of rotatable bonds is 4. The largest absolute Gasteiger partial charge is 0.416 e. The van der Waals surface area contributed by atoms with Crippen LogP contribution in [0.2, 0.25) is 0 Å². The lowest BCUT2D eigenvalue weighted by molar-refractivity contribution is -0.137. The van der Waals surface area contributed by atoms with E-state index in [-0.39, 0.29) is 0 Å². The Morgan fingerprint density at radius 1 is 1.09 bits per heavy atom. The lowest BCUT2D eigenvalue weighted by Gasteiger charge is -2.16. The van der Waals surface area contributed by atoms with Crippen LogP contribution in [0, 0.1) is 0 Å². The van der Waals surface area contributed by atoms with Crippen LogP contribution in [-0.2, 0) is 11.9 Å². The highest BCUT2D eigenvalue weighted by Crippen LogP contribution is 2.31. The molecular formula is C16H16F3N3S. The van der Waals surface area contributed by atoms with Crippen LogP contribution in [0.15, 0.2) is 41.7 Å². The van der Waals surface area contributed by atoms with Crippen LogP contribution >= 0.6 is 11.8 Å². The van der Waals surface area contributed by atoms with Crippen molar-refractivity contribution in [2.24, 2.45) is 0 Å². The summed E-state index contributed by atoms with van der Waals surface area (Å²) >= 11 is 1.42. The molecule has 3 nitrogen and oxygen atoms in total. The number of thioether (sulfide) groups is 1. The number of alkyl halides is 3. The SMILES string of the molecule is FC(F)(F)c1cccc(CSc2cc(N3CCCC3)ncn2)c1. The highest BCUT2D eigenvalue weighted by atomic mass is 32.2. The van der Waals surface area contributed by atoms with Crippen molar-refractivity contribution in [3.63, 3.8) is 0 Å². The molecule has 3 rings (SSSR count). The number of halogens is 3. The molecule has 7 heteroatoms. The number of hydrogen-bond donors (Lipinski definition) is 0. The van der Waals surface area contributed by atoms with Gasteiger partial charge in [-0.05, 0) is 24.5 Å². The Balaban J connectivity index is 1.67. The predicted octanol–water partition coefficient (Wildman–Crippen LogP) is 4.39. The van der Waals surface area contributed by atoms with Gasteiger partial charge in [-0.2, -0.15) is 13.2 Å². The van der Waals surface area contributed by atoms with Gasteiger partial charge < -0.3 is 4.90 Å². The average Bonchev–Trinajstić information content (AvgIpc) is 3.07. The number of hydrogen-bond acceptors (Lipinski definition) is 4. The average molecular weight is 339 g/mol. The van der Waals surface area contributed by atoms with Crippen molar-refractivity contribution in [2.75, 3.05) is 18.0 Å². The first kappa shape index (κ1) is 16.1. The molecule has 122 valence electrons. The summed E-state index contributed by atoms with van der Waals surface area (Å²) in [5, 5.41) is 0.777. The third kappa shape index (κ3) is 4.16. The summed E-state index contributed by atoms with van der Waals surface area (Å²) in [5.74, 6) is 1.34. The van der Waals surface area contributed by atoms with Gasteiger partial charge in [0.05, 0.1) is 5.56 Å². The third-order valence-corrected chi connectivity index (χ3v) is 4.70. The minimum Gasteiger partial charge on any atom is -0.356 e. The maximum absolute atomic E-state index is 12.7. The van der Waals surface area contributed by atoms with Crippen LogP contribution in [0.1, 0.15) is 24.0 Å². The summed E-state index contributed by atoms with van der Waals surface area (Å²) in [6.45, 7) is 1.99. The number of benzene rings is 1. The zero-order chi connectivity index (χ0) is 16.3. The van der Waals surface area contributed by atoms with Gasteiger partial charge in [-0.3, -0.25) is 0 Å². The van der Waals surface area contributed by atoms with E-state index in [2.05, 4.69) is 14.9 Å². The van der Waals surface area contributed by atoms with Gasteiger partial charge in [-0.1, -0.05) is 18.2 Å². The van der Waals surface area contributed by atoms with Gasteiger partial charge in [0.15, 0.2) is 0 Å². The fourth-order valence-electron chi connectivity index (χ4n) is 2.52. The van der Waals surface area contributed by atoms with Crippen LogP contribution < -0.4 is 4.90 Å². The molecule has 1 aliphatic heterocycles. The molecule has 0 aliphatic carbocycles. The highest BCUT2D eigenvalue weighted by Gasteiger charge is 2.30. The van der Waals surface area contributed by atoms with Crippen LogP contribution in [0.5, 0.6) is 0 Å². The van der Waals surface area contributed by atoms with Crippen LogP contribution in [-0.4, -0.2) is 23.1 Å². The number of anilines is 1. The first-order valence-corrected chi connectivity index (χ1v) is 8.37. The molecule has 0 spiro atoms. The van der Waals surface area contributed by atoms with Gasteiger partial charge >= 0.3 is 6.18 Å². The standard InChI is InChI=1S/C16H16F3N3S/c17-16(18,19)13-5-3-4-12(8-13)10-23-15-9-14(20-11-21-15)22-6-1-2-7-22/h3-5,8-9,11H,1-2,6-7,10H2. The topological polar surface area (TPSA) is 29.0 Å². The molecule has 1 saturated heterocycles.